The minimum Gasteiger partial charge on any atom is -0.480 e. The number of nitrogens with two attached hydrogens (primary N) is 1. The number of thiol groups is 1. The molecule has 0 fully saturated rings. The lowest BCUT2D eigenvalue weighted by Crippen LogP contribution is -2.62. The maximum atomic E-state index is 12.5. The standard InChI is InChI=1S/C17H32N4O7S/c1-5-7(2)11(18)14(24)20-13(9(4)23)16(26)21-12(8(3)22)15(25)19-10(6-29)17(27)28/h7-13,22-23,29H,5-6,18H2,1-4H3,(H,19,25)(H,20,24)(H,21,26)(H,27,28). The fourth-order valence-electron chi connectivity index (χ4n) is 2.26. The summed E-state index contributed by atoms with van der Waals surface area (Å²) in [6.07, 6.45) is -2.09. The summed E-state index contributed by atoms with van der Waals surface area (Å²) in [5.74, 6) is -4.26. The van der Waals surface area contributed by atoms with Crippen LogP contribution in [0, 0.1) is 5.92 Å². The maximum Gasteiger partial charge on any atom is 0.327 e. The minimum absolute atomic E-state index is 0.169. The third kappa shape index (κ3) is 8.56. The molecule has 0 saturated carbocycles. The van der Waals surface area contributed by atoms with Crippen LogP contribution in [0.3, 0.4) is 0 Å². The number of aliphatic hydroxyl groups is 2. The van der Waals surface area contributed by atoms with Crippen molar-refractivity contribution in [3.63, 3.8) is 0 Å². The van der Waals surface area contributed by atoms with Gasteiger partial charge in [-0.2, -0.15) is 12.6 Å². The molecule has 3 amide bonds. The Balaban J connectivity index is 5.31. The highest BCUT2D eigenvalue weighted by Crippen LogP contribution is 2.07. The first-order valence-electron chi connectivity index (χ1n) is 9.23. The molecule has 0 aliphatic heterocycles. The molecule has 8 N–H and O–H groups in total. The van der Waals surface area contributed by atoms with Gasteiger partial charge >= 0.3 is 5.97 Å². The van der Waals surface area contributed by atoms with Gasteiger partial charge < -0.3 is 37.0 Å². The summed E-state index contributed by atoms with van der Waals surface area (Å²) < 4.78 is 0. The molecular weight excluding hydrogens is 404 g/mol. The van der Waals surface area contributed by atoms with E-state index < -0.39 is 60.1 Å². The molecule has 0 aromatic heterocycles. The first kappa shape index (κ1) is 27.1. The maximum absolute atomic E-state index is 12.5. The molecule has 29 heavy (non-hydrogen) atoms. The summed E-state index contributed by atoms with van der Waals surface area (Å²) in [6.45, 7) is 6.08. The third-order valence-electron chi connectivity index (χ3n) is 4.48. The number of aliphatic hydroxyl groups excluding tert-OH is 2. The van der Waals surface area contributed by atoms with Crippen molar-refractivity contribution >= 4 is 36.3 Å². The Hall–Kier alpha value is -1.89. The lowest BCUT2D eigenvalue weighted by molar-refractivity contribution is -0.142. The SMILES string of the molecule is CCC(C)C(N)C(=O)NC(C(=O)NC(C(=O)NC(CS)C(=O)O)C(C)O)C(C)O. The van der Waals surface area contributed by atoms with Gasteiger partial charge in [-0.3, -0.25) is 14.4 Å². The first-order chi connectivity index (χ1) is 13.4. The van der Waals surface area contributed by atoms with Crippen molar-refractivity contribution in [3.05, 3.63) is 0 Å². The number of aliphatic carboxylic acids is 1. The molecule has 0 aliphatic carbocycles. The van der Waals surface area contributed by atoms with Crippen LogP contribution < -0.4 is 21.7 Å². The van der Waals surface area contributed by atoms with Gasteiger partial charge in [0, 0.05) is 5.75 Å². The van der Waals surface area contributed by atoms with E-state index in [0.717, 1.165) is 0 Å². The molecule has 11 nitrogen and oxygen atoms in total. The number of carbonyl (C=O) groups excluding carboxylic acids is 3. The number of hydrogen-bond donors (Lipinski definition) is 8. The number of amides is 3. The fraction of sp³-hybridized carbons (Fsp3) is 0.765. The van der Waals surface area contributed by atoms with Gasteiger partial charge in [0.1, 0.15) is 18.1 Å². The Morgan fingerprint density at radius 3 is 1.66 bits per heavy atom. The zero-order valence-electron chi connectivity index (χ0n) is 17.0. The van der Waals surface area contributed by atoms with Gasteiger partial charge in [0.25, 0.3) is 0 Å². The predicted molar refractivity (Wildman–Crippen MR) is 108 cm³/mol. The van der Waals surface area contributed by atoms with E-state index >= 15 is 0 Å². The van der Waals surface area contributed by atoms with Gasteiger partial charge in [0.2, 0.25) is 17.7 Å². The number of hydrogen-bond acceptors (Lipinski definition) is 8. The van der Waals surface area contributed by atoms with Crippen LogP contribution in [0.2, 0.25) is 0 Å². The van der Waals surface area contributed by atoms with E-state index in [1.807, 2.05) is 6.92 Å². The summed E-state index contributed by atoms with van der Waals surface area (Å²) >= 11 is 3.82. The average molecular weight is 437 g/mol. The highest BCUT2D eigenvalue weighted by atomic mass is 32.1. The topological polar surface area (TPSA) is 191 Å². The number of carbonyl (C=O) groups is 4. The van der Waals surface area contributed by atoms with Crippen LogP contribution in [-0.2, 0) is 19.2 Å². The molecule has 0 saturated heterocycles. The molecule has 0 rings (SSSR count). The molecule has 0 bridgehead atoms. The Morgan fingerprint density at radius 2 is 1.31 bits per heavy atom. The van der Waals surface area contributed by atoms with Gasteiger partial charge in [0.05, 0.1) is 18.2 Å². The summed E-state index contributed by atoms with van der Waals surface area (Å²) in [4.78, 5) is 48.1. The Bertz CT molecular complexity index is 588. The average Bonchev–Trinajstić information content (AvgIpc) is 2.65. The number of nitrogens with one attached hydrogen (secondary N) is 3. The van der Waals surface area contributed by atoms with E-state index in [-0.39, 0.29) is 11.7 Å². The second kappa shape index (κ2) is 12.6. The van der Waals surface area contributed by atoms with Crippen LogP contribution in [0.25, 0.3) is 0 Å². The largest absolute Gasteiger partial charge is 0.480 e. The van der Waals surface area contributed by atoms with E-state index in [1.165, 1.54) is 13.8 Å². The van der Waals surface area contributed by atoms with Crippen molar-refractivity contribution in [2.75, 3.05) is 5.75 Å². The van der Waals surface area contributed by atoms with Crippen LogP contribution in [0.4, 0.5) is 0 Å². The number of rotatable bonds is 12. The van der Waals surface area contributed by atoms with Crippen molar-refractivity contribution < 1.29 is 34.5 Å². The molecule has 0 aromatic carbocycles. The van der Waals surface area contributed by atoms with E-state index in [4.69, 9.17) is 10.8 Å². The summed E-state index contributed by atoms with van der Waals surface area (Å²) in [6, 6.07) is -5.20. The minimum atomic E-state index is -1.52. The summed E-state index contributed by atoms with van der Waals surface area (Å²) in [5.41, 5.74) is 5.82. The third-order valence-corrected chi connectivity index (χ3v) is 4.85. The van der Waals surface area contributed by atoms with Crippen molar-refractivity contribution in [2.24, 2.45) is 11.7 Å². The van der Waals surface area contributed by atoms with Crippen LogP contribution in [0.15, 0.2) is 0 Å². The summed E-state index contributed by atoms with van der Waals surface area (Å²) in [5, 5.41) is 35.4. The van der Waals surface area contributed by atoms with E-state index in [2.05, 4.69) is 28.6 Å². The van der Waals surface area contributed by atoms with Crippen molar-refractivity contribution in [1.29, 1.82) is 0 Å². The molecule has 0 heterocycles. The quantitative estimate of drug-likeness (QED) is 0.155. The molecule has 7 atom stereocenters. The van der Waals surface area contributed by atoms with Gasteiger partial charge in [-0.05, 0) is 19.8 Å². The molecule has 12 heteroatoms. The molecule has 0 spiro atoms. The zero-order valence-corrected chi connectivity index (χ0v) is 17.8. The molecule has 0 aliphatic rings. The number of carboxylic acid groups (broad SMARTS) is 1. The summed E-state index contributed by atoms with van der Waals surface area (Å²) in [7, 11) is 0. The van der Waals surface area contributed by atoms with Crippen LogP contribution in [-0.4, -0.2) is 81.1 Å². The lowest BCUT2D eigenvalue weighted by Gasteiger charge is -2.28. The van der Waals surface area contributed by atoms with Crippen LogP contribution in [0.1, 0.15) is 34.1 Å². The Kier molecular flexibility index (Phi) is 11.8. The molecule has 0 aromatic rings. The van der Waals surface area contributed by atoms with E-state index in [0.29, 0.717) is 6.42 Å². The van der Waals surface area contributed by atoms with E-state index in [1.54, 1.807) is 6.92 Å². The van der Waals surface area contributed by atoms with Crippen LogP contribution in [0.5, 0.6) is 0 Å². The second-order valence-electron chi connectivity index (χ2n) is 6.95. The van der Waals surface area contributed by atoms with E-state index in [9.17, 15) is 29.4 Å². The van der Waals surface area contributed by atoms with Crippen molar-refractivity contribution in [1.82, 2.24) is 16.0 Å². The fourth-order valence-corrected chi connectivity index (χ4v) is 2.51. The Labute approximate surface area is 175 Å². The van der Waals surface area contributed by atoms with Gasteiger partial charge in [-0.1, -0.05) is 20.3 Å². The zero-order chi connectivity index (χ0) is 22.9. The highest BCUT2D eigenvalue weighted by molar-refractivity contribution is 7.80. The van der Waals surface area contributed by atoms with Gasteiger partial charge in [-0.25, -0.2) is 4.79 Å². The molecule has 7 unspecified atom stereocenters. The highest BCUT2D eigenvalue weighted by Gasteiger charge is 2.34. The van der Waals surface area contributed by atoms with Crippen LogP contribution >= 0.6 is 12.6 Å². The van der Waals surface area contributed by atoms with Crippen molar-refractivity contribution in [2.45, 2.75) is 70.5 Å². The predicted octanol–water partition coefficient (Wildman–Crippen LogP) is -2.41. The molecular formula is C17H32N4O7S. The normalized spacial score (nSPS) is 18.3. The number of carboxylic acids is 1. The monoisotopic (exact) mass is 436 g/mol. The first-order valence-corrected chi connectivity index (χ1v) is 9.86. The second-order valence-corrected chi connectivity index (χ2v) is 7.31. The van der Waals surface area contributed by atoms with Gasteiger partial charge in [0.15, 0.2) is 0 Å². The van der Waals surface area contributed by atoms with Gasteiger partial charge in [-0.15, -0.1) is 0 Å². The lowest BCUT2D eigenvalue weighted by atomic mass is 9.98. The molecule has 0 radical (unpaired) electrons. The smallest absolute Gasteiger partial charge is 0.327 e. The molecule has 168 valence electrons. The van der Waals surface area contributed by atoms with Crippen molar-refractivity contribution in [3.8, 4) is 0 Å². The Morgan fingerprint density at radius 1 is 0.897 bits per heavy atom.